The molecule has 2 aliphatic rings. The molecule has 0 unspecified atom stereocenters. The van der Waals surface area contributed by atoms with E-state index in [0.29, 0.717) is 44.7 Å². The van der Waals surface area contributed by atoms with Gasteiger partial charge in [0, 0.05) is 31.5 Å². The Balaban J connectivity index is 1.41. The maximum absolute atomic E-state index is 12.8. The Morgan fingerprint density at radius 1 is 1.31 bits per heavy atom. The molecule has 4 rings (SSSR count). The van der Waals surface area contributed by atoms with Gasteiger partial charge >= 0.3 is 0 Å². The maximum atomic E-state index is 12.8. The van der Waals surface area contributed by atoms with E-state index in [1.807, 2.05) is 6.07 Å². The number of sulfonamides is 1. The summed E-state index contributed by atoms with van der Waals surface area (Å²) in [6.07, 6.45) is 7.19. The van der Waals surface area contributed by atoms with Gasteiger partial charge in [0.05, 0.1) is 11.8 Å². The zero-order valence-electron chi connectivity index (χ0n) is 17.8. The lowest BCUT2D eigenvalue weighted by Crippen LogP contribution is -2.42. The summed E-state index contributed by atoms with van der Waals surface area (Å²) in [6, 6.07) is 5.15. The third-order valence-corrected chi connectivity index (χ3v) is 7.91. The monoisotopic (exact) mass is 458 g/mol. The first-order chi connectivity index (χ1) is 15.3. The van der Waals surface area contributed by atoms with E-state index in [1.165, 1.54) is 16.7 Å². The Morgan fingerprint density at radius 3 is 2.72 bits per heavy atom. The van der Waals surface area contributed by atoms with Crippen LogP contribution in [-0.4, -0.2) is 63.6 Å². The molecule has 170 valence electrons. The lowest BCUT2D eigenvalue weighted by atomic mass is 10.0. The van der Waals surface area contributed by atoms with Gasteiger partial charge in [-0.1, -0.05) is 0 Å². The van der Waals surface area contributed by atoms with Crippen LogP contribution in [0.2, 0.25) is 0 Å². The molecule has 2 N–H and O–H groups in total. The minimum absolute atomic E-state index is 0.0225. The summed E-state index contributed by atoms with van der Waals surface area (Å²) in [6.45, 7) is 2.45. The molecule has 0 radical (unpaired) electrons. The van der Waals surface area contributed by atoms with Crippen molar-refractivity contribution >= 4 is 16.0 Å². The molecular weight excluding hydrogens is 432 g/mol. The highest BCUT2D eigenvalue weighted by Crippen LogP contribution is 2.33. The van der Waals surface area contributed by atoms with E-state index < -0.39 is 21.7 Å². The van der Waals surface area contributed by atoms with Crippen molar-refractivity contribution in [3.63, 3.8) is 0 Å². The second kappa shape index (κ2) is 8.97. The largest absolute Gasteiger partial charge is 0.470 e. The average Bonchev–Trinajstić information content (AvgIpc) is 3.12. The van der Waals surface area contributed by atoms with Crippen molar-refractivity contribution in [3.05, 3.63) is 36.3 Å². The fraction of sp³-hybridized carbons (Fsp3) is 0.524. The number of anilines is 1. The van der Waals surface area contributed by atoms with Crippen LogP contribution < -0.4 is 10.1 Å². The molecule has 1 saturated heterocycles. The third kappa shape index (κ3) is 4.67. The second-order valence-corrected chi connectivity index (χ2v) is 10.3. The van der Waals surface area contributed by atoms with Crippen molar-refractivity contribution in [1.29, 1.82) is 5.26 Å². The number of nitrogens with one attached hydrogen (secondary N) is 1. The van der Waals surface area contributed by atoms with Crippen LogP contribution in [0.5, 0.6) is 5.88 Å². The molecule has 11 heteroatoms. The number of aromatic nitrogens is 3. The highest BCUT2D eigenvalue weighted by molar-refractivity contribution is 7.89. The van der Waals surface area contributed by atoms with E-state index in [1.54, 1.807) is 25.3 Å². The van der Waals surface area contributed by atoms with Crippen LogP contribution in [0.3, 0.4) is 0 Å². The van der Waals surface area contributed by atoms with E-state index >= 15 is 0 Å². The van der Waals surface area contributed by atoms with E-state index in [-0.39, 0.29) is 22.4 Å². The summed E-state index contributed by atoms with van der Waals surface area (Å²) in [5.41, 5.74) is -0.756. The summed E-state index contributed by atoms with van der Waals surface area (Å²) in [5, 5.41) is 23.1. The summed E-state index contributed by atoms with van der Waals surface area (Å²) in [4.78, 5) is 12.7. The summed E-state index contributed by atoms with van der Waals surface area (Å²) in [5.74, 6) is 0.457. The lowest BCUT2D eigenvalue weighted by Gasteiger charge is -2.31. The molecule has 1 saturated carbocycles. The zero-order chi connectivity index (χ0) is 22.8. The van der Waals surface area contributed by atoms with Crippen LogP contribution in [0, 0.1) is 11.3 Å². The van der Waals surface area contributed by atoms with Crippen molar-refractivity contribution in [2.75, 3.05) is 18.4 Å². The number of aliphatic hydroxyl groups is 1. The quantitative estimate of drug-likeness (QED) is 0.661. The van der Waals surface area contributed by atoms with E-state index in [4.69, 9.17) is 4.74 Å². The molecule has 32 heavy (non-hydrogen) atoms. The molecule has 2 aromatic rings. The fourth-order valence-electron chi connectivity index (χ4n) is 4.11. The normalized spacial score (nSPS) is 24.7. The van der Waals surface area contributed by atoms with E-state index in [0.717, 1.165) is 6.42 Å². The number of piperidine rings is 1. The molecule has 3 heterocycles. The number of hydrogen-bond acceptors (Lipinski definition) is 9. The van der Waals surface area contributed by atoms with Crippen molar-refractivity contribution in [1.82, 2.24) is 19.3 Å². The number of nitriles is 1. The molecule has 2 fully saturated rings. The van der Waals surface area contributed by atoms with Gasteiger partial charge in [0.15, 0.2) is 0 Å². The van der Waals surface area contributed by atoms with Crippen LogP contribution >= 0.6 is 0 Å². The van der Waals surface area contributed by atoms with Gasteiger partial charge in [-0.25, -0.2) is 13.4 Å². The number of pyridine rings is 1. The van der Waals surface area contributed by atoms with Gasteiger partial charge in [0.2, 0.25) is 21.9 Å². The van der Waals surface area contributed by atoms with Crippen molar-refractivity contribution in [3.8, 4) is 11.9 Å². The van der Waals surface area contributed by atoms with Crippen molar-refractivity contribution < 1.29 is 18.3 Å². The minimum Gasteiger partial charge on any atom is -0.470 e. The zero-order valence-corrected chi connectivity index (χ0v) is 18.6. The second-order valence-electron chi connectivity index (χ2n) is 8.39. The SMILES string of the molecule is C[C@@]1(O)CCC[C@@H]1Oc1nc(NC2CCN(S(=O)(=O)c3cccnc3)CC2)ncc1C#N. The van der Waals surface area contributed by atoms with E-state index in [9.17, 15) is 18.8 Å². The molecule has 2 aromatic heterocycles. The summed E-state index contributed by atoms with van der Waals surface area (Å²) in [7, 11) is -3.57. The van der Waals surface area contributed by atoms with Gasteiger partial charge in [-0.05, 0) is 51.2 Å². The third-order valence-electron chi connectivity index (χ3n) is 6.03. The molecular formula is C21H26N6O4S. The molecule has 2 atom stereocenters. The summed E-state index contributed by atoms with van der Waals surface area (Å²) >= 11 is 0. The first-order valence-corrected chi connectivity index (χ1v) is 12.1. The Kier molecular flexibility index (Phi) is 6.28. The van der Waals surface area contributed by atoms with E-state index in [2.05, 4.69) is 20.3 Å². The van der Waals surface area contributed by atoms with Gasteiger partial charge in [0.1, 0.15) is 22.6 Å². The maximum Gasteiger partial charge on any atom is 0.244 e. The van der Waals surface area contributed by atoms with Crippen molar-refractivity contribution in [2.45, 2.75) is 61.7 Å². The summed E-state index contributed by atoms with van der Waals surface area (Å²) < 4.78 is 32.9. The number of hydrogen-bond donors (Lipinski definition) is 2. The van der Waals surface area contributed by atoms with Crippen molar-refractivity contribution in [2.24, 2.45) is 0 Å². The molecule has 1 aliphatic carbocycles. The van der Waals surface area contributed by atoms with Crippen LogP contribution in [-0.2, 0) is 10.0 Å². The van der Waals surface area contributed by atoms with Crippen LogP contribution in [0.25, 0.3) is 0 Å². The Labute approximate surface area is 187 Å². The Hall–Kier alpha value is -2.81. The molecule has 0 bridgehead atoms. The standard InChI is InChI=1S/C21H26N6O4S/c1-21(28)8-2-5-18(21)31-19-15(12-22)13-24-20(26-19)25-16-6-10-27(11-7-16)32(29,30)17-4-3-9-23-14-17/h3-4,9,13-14,16,18,28H,2,5-8,10-11H2,1H3,(H,24,25,26)/t18-,21+/m0/s1. The van der Waals surface area contributed by atoms with Gasteiger partial charge in [-0.3, -0.25) is 4.98 Å². The predicted molar refractivity (Wildman–Crippen MR) is 115 cm³/mol. The van der Waals surface area contributed by atoms with Gasteiger partial charge < -0.3 is 15.2 Å². The molecule has 0 spiro atoms. The number of nitrogens with zero attached hydrogens (tertiary/aromatic N) is 5. The highest BCUT2D eigenvalue weighted by atomic mass is 32.2. The minimum atomic E-state index is -3.57. The number of rotatable bonds is 6. The fourth-order valence-corrected chi connectivity index (χ4v) is 5.55. The number of ether oxygens (including phenoxy) is 1. The first kappa shape index (κ1) is 22.4. The topological polar surface area (TPSA) is 141 Å². The predicted octanol–water partition coefficient (Wildman–Crippen LogP) is 1.69. The highest BCUT2D eigenvalue weighted by Gasteiger charge is 2.39. The smallest absolute Gasteiger partial charge is 0.244 e. The van der Waals surface area contributed by atoms with Gasteiger partial charge in [-0.2, -0.15) is 14.6 Å². The first-order valence-electron chi connectivity index (χ1n) is 10.6. The molecule has 0 aromatic carbocycles. The van der Waals surface area contributed by atoms with Crippen LogP contribution in [0.4, 0.5) is 5.95 Å². The molecule has 1 aliphatic heterocycles. The molecule has 0 amide bonds. The Morgan fingerprint density at radius 2 is 2.09 bits per heavy atom. The van der Waals surface area contributed by atoms with Gasteiger partial charge in [0.25, 0.3) is 0 Å². The Bertz CT molecular complexity index is 1100. The van der Waals surface area contributed by atoms with Crippen LogP contribution in [0.15, 0.2) is 35.6 Å². The van der Waals surface area contributed by atoms with Gasteiger partial charge in [-0.15, -0.1) is 0 Å². The average molecular weight is 459 g/mol. The lowest BCUT2D eigenvalue weighted by molar-refractivity contribution is -0.0271. The van der Waals surface area contributed by atoms with Crippen LogP contribution in [0.1, 0.15) is 44.6 Å². The molecule has 10 nitrogen and oxygen atoms in total.